The number of hydrogen-bond acceptors (Lipinski definition) is 3. The summed E-state index contributed by atoms with van der Waals surface area (Å²) >= 11 is 0. The van der Waals surface area contributed by atoms with Crippen molar-refractivity contribution in [3.05, 3.63) is 0 Å². The van der Waals surface area contributed by atoms with Crippen molar-refractivity contribution >= 4 is 0 Å². The van der Waals surface area contributed by atoms with Crippen LogP contribution >= 0.6 is 0 Å². The third-order valence-corrected chi connectivity index (χ3v) is 5.21. The molecule has 0 heterocycles. The van der Waals surface area contributed by atoms with Crippen molar-refractivity contribution in [2.24, 2.45) is 23.2 Å². The Kier molecular flexibility index (Phi) is 7.99. The van der Waals surface area contributed by atoms with Gasteiger partial charge in [0.25, 0.3) is 0 Å². The van der Waals surface area contributed by atoms with E-state index in [4.69, 9.17) is 15.9 Å². The highest BCUT2D eigenvalue weighted by atomic mass is 16.6. The second-order valence-corrected chi connectivity index (χ2v) is 9.70. The van der Waals surface area contributed by atoms with Crippen LogP contribution < -0.4 is 0 Å². The van der Waals surface area contributed by atoms with Gasteiger partial charge in [-0.25, -0.2) is 0 Å². The number of aliphatic hydroxyl groups is 1. The summed E-state index contributed by atoms with van der Waals surface area (Å²) in [5.74, 6) is 3.59. The monoisotopic (exact) mass is 355 g/mol. The summed E-state index contributed by atoms with van der Waals surface area (Å²) in [6.45, 7) is 15.3. The van der Waals surface area contributed by atoms with Crippen LogP contribution in [-0.4, -0.2) is 29.7 Å². The molecular weight excluding hydrogens is 312 g/mol. The van der Waals surface area contributed by atoms with Gasteiger partial charge in [-0.15, -0.1) is 12.3 Å². The van der Waals surface area contributed by atoms with Gasteiger partial charge in [0.1, 0.15) is 0 Å². The highest BCUT2D eigenvalue weighted by molar-refractivity contribution is 5.15. The van der Waals surface area contributed by atoms with Crippen molar-refractivity contribution in [3.63, 3.8) is 0 Å². The first-order chi connectivity index (χ1) is 11.4. The van der Waals surface area contributed by atoms with E-state index in [1.54, 1.807) is 26.7 Å². The minimum atomic E-state index is -1.08. The second-order valence-electron chi connectivity index (χ2n) is 9.70. The fraction of sp³-hybridized carbons (Fsp3) is 0.909. The lowest BCUT2D eigenvalue weighted by atomic mass is 9.88. The Morgan fingerprint density at radius 2 is 1.72 bits per heavy atom. The van der Waals surface area contributed by atoms with Gasteiger partial charge < -0.3 is 14.6 Å². The van der Waals surface area contributed by atoms with Crippen molar-refractivity contribution < 1.29 is 17.4 Å². The molecule has 2 fully saturated rings. The normalized spacial score (nSPS) is 26.6. The van der Waals surface area contributed by atoms with Crippen LogP contribution in [0.2, 0.25) is 0 Å². The summed E-state index contributed by atoms with van der Waals surface area (Å²) < 4.78 is 11.0. The molecule has 0 amide bonds. The maximum absolute atomic E-state index is 9.50. The van der Waals surface area contributed by atoms with Gasteiger partial charge in [-0.1, -0.05) is 13.8 Å². The van der Waals surface area contributed by atoms with E-state index in [-0.39, 0.29) is 14.4 Å². The summed E-state index contributed by atoms with van der Waals surface area (Å²) in [5, 5.41) is 9.50. The van der Waals surface area contributed by atoms with E-state index in [2.05, 4.69) is 40.5 Å². The molecule has 2 aliphatic rings. The zero-order valence-corrected chi connectivity index (χ0v) is 17.5. The van der Waals surface area contributed by atoms with E-state index in [1.165, 1.54) is 5.92 Å². The Morgan fingerprint density at radius 1 is 1.20 bits per heavy atom. The smallest absolute Gasteiger partial charge is 0.159 e. The predicted molar refractivity (Wildman–Crippen MR) is 107 cm³/mol. The molecule has 25 heavy (non-hydrogen) atoms. The molecule has 149 valence electrons. The molecule has 0 unspecified atom stereocenters. The molecule has 0 saturated heterocycles. The second kappa shape index (κ2) is 8.89. The van der Waals surface area contributed by atoms with Crippen LogP contribution in [-0.2, 0) is 9.47 Å². The molecule has 0 aromatic heterocycles. The van der Waals surface area contributed by atoms with Crippen LogP contribution in [0.25, 0.3) is 0 Å². The first-order valence-electron chi connectivity index (χ1n) is 9.83. The van der Waals surface area contributed by atoms with E-state index < -0.39 is 5.79 Å². The predicted octanol–water partition coefficient (Wildman–Crippen LogP) is 5.38. The third kappa shape index (κ3) is 10.2. The van der Waals surface area contributed by atoms with Crippen LogP contribution in [0.15, 0.2) is 0 Å². The molecule has 0 aliphatic heterocycles. The molecule has 1 radical (unpaired) electrons. The standard InChI is InChI=1S/C17H32O3.C5H8.H2.H/c1-8-15(11-13-20-17(6,7)18)14(2)10-9-12-19-16(3,4)5;1-5-2-4(5)3-5;;/h1,14-15,18H,9-13H2,2-7H3;4H,2-3H2,1H3;1H;/t14-,15-;;;/m1.../s1. The van der Waals surface area contributed by atoms with Crippen molar-refractivity contribution in [3.8, 4) is 12.3 Å². The Bertz CT molecular complexity index is 440. The maximum Gasteiger partial charge on any atom is 0.159 e. The average Bonchev–Trinajstić information content (AvgIpc) is 3.27. The molecule has 2 saturated carbocycles. The summed E-state index contributed by atoms with van der Waals surface area (Å²) in [7, 11) is 0. The van der Waals surface area contributed by atoms with Crippen molar-refractivity contribution in [2.45, 2.75) is 92.0 Å². The summed E-state index contributed by atoms with van der Waals surface area (Å²) in [4.78, 5) is 0. The fourth-order valence-electron chi connectivity index (χ4n) is 2.90. The highest BCUT2D eigenvalue weighted by Crippen LogP contribution is 2.74. The van der Waals surface area contributed by atoms with Crippen LogP contribution in [0.1, 0.15) is 83.4 Å². The van der Waals surface area contributed by atoms with Gasteiger partial charge in [-0.3, -0.25) is 0 Å². The van der Waals surface area contributed by atoms with E-state index in [1.807, 2.05) is 0 Å². The van der Waals surface area contributed by atoms with Crippen molar-refractivity contribution in [2.75, 3.05) is 13.2 Å². The molecule has 3 nitrogen and oxygen atoms in total. The lowest BCUT2D eigenvalue weighted by molar-refractivity contribution is -0.177. The fourth-order valence-corrected chi connectivity index (χ4v) is 2.90. The Morgan fingerprint density at radius 3 is 2.08 bits per heavy atom. The van der Waals surface area contributed by atoms with E-state index in [0.717, 1.165) is 31.3 Å². The molecular formula is C22H43O3. The minimum absolute atomic E-state index is 0. The number of hydrogen-bond donors (Lipinski definition) is 1. The third-order valence-electron chi connectivity index (χ3n) is 5.21. The molecule has 0 bridgehead atoms. The quantitative estimate of drug-likeness (QED) is 0.343. The minimum Gasteiger partial charge on any atom is -0.376 e. The Hall–Kier alpha value is -0.560. The maximum atomic E-state index is 9.50. The molecule has 3 heteroatoms. The zero-order valence-electron chi connectivity index (χ0n) is 18.5. The van der Waals surface area contributed by atoms with Gasteiger partial charge in [0.15, 0.2) is 5.79 Å². The van der Waals surface area contributed by atoms with Crippen molar-refractivity contribution in [1.29, 1.82) is 0 Å². The Labute approximate surface area is 158 Å². The topological polar surface area (TPSA) is 38.7 Å². The van der Waals surface area contributed by atoms with E-state index in [0.29, 0.717) is 12.5 Å². The average molecular weight is 356 g/mol. The molecule has 0 aromatic rings. The van der Waals surface area contributed by atoms with Crippen molar-refractivity contribution in [1.82, 2.24) is 0 Å². The molecule has 2 atom stereocenters. The number of fused-ring (bicyclic) bond motifs is 1. The van der Waals surface area contributed by atoms with E-state index >= 15 is 0 Å². The number of rotatable bonds is 9. The van der Waals surface area contributed by atoms with Gasteiger partial charge in [-0.05, 0) is 84.0 Å². The van der Waals surface area contributed by atoms with Gasteiger partial charge in [0.2, 0.25) is 0 Å². The first-order valence-corrected chi connectivity index (χ1v) is 9.83. The van der Waals surface area contributed by atoms with Crippen LogP contribution in [0, 0.1) is 35.5 Å². The molecule has 0 aromatic carbocycles. The Balaban J connectivity index is 0. The van der Waals surface area contributed by atoms with Gasteiger partial charge in [0.05, 0.1) is 12.2 Å². The highest BCUT2D eigenvalue weighted by Gasteiger charge is 2.65. The molecule has 2 rings (SSSR count). The van der Waals surface area contributed by atoms with Gasteiger partial charge >= 0.3 is 0 Å². The number of ether oxygens (including phenoxy) is 2. The first kappa shape index (κ1) is 22.5. The van der Waals surface area contributed by atoms with Gasteiger partial charge in [-0.2, -0.15) is 0 Å². The largest absolute Gasteiger partial charge is 0.376 e. The number of terminal acetylenes is 1. The van der Waals surface area contributed by atoms with Crippen LogP contribution in [0.3, 0.4) is 0 Å². The summed E-state index contributed by atoms with van der Waals surface area (Å²) in [6, 6.07) is 0. The molecule has 0 spiro atoms. The lowest BCUT2D eigenvalue weighted by Gasteiger charge is -2.23. The van der Waals surface area contributed by atoms with Crippen LogP contribution in [0.5, 0.6) is 0 Å². The van der Waals surface area contributed by atoms with E-state index in [9.17, 15) is 5.11 Å². The SMILES string of the molecule is C#C[C@H](CCOC(C)(C)O)[C@H](C)CCCOC(C)(C)C.CC12CC1C2.[HH].[H]. The lowest BCUT2D eigenvalue weighted by Crippen LogP contribution is -2.25. The summed E-state index contributed by atoms with van der Waals surface area (Å²) in [6.07, 6.45) is 11.5. The summed E-state index contributed by atoms with van der Waals surface area (Å²) in [5.41, 5.74) is 0.843. The molecule has 2 aliphatic carbocycles. The zero-order chi connectivity index (χ0) is 19.3. The molecule has 1 N–H and O–H groups in total. The van der Waals surface area contributed by atoms with Crippen LogP contribution in [0.4, 0.5) is 0 Å². The van der Waals surface area contributed by atoms with Gasteiger partial charge in [0, 0.05) is 15.4 Å².